The molecule has 1 saturated heterocycles. The summed E-state index contributed by atoms with van der Waals surface area (Å²) >= 11 is 0. The fourth-order valence-corrected chi connectivity index (χ4v) is 3.72. The molecule has 0 aromatic carbocycles. The molecule has 2 aliphatic rings. The van der Waals surface area contributed by atoms with E-state index < -0.39 is 0 Å². The van der Waals surface area contributed by atoms with E-state index in [4.69, 9.17) is 0 Å². The highest BCUT2D eigenvalue weighted by Crippen LogP contribution is 2.36. The Morgan fingerprint density at radius 3 is 2.23 bits per heavy atom. The molecule has 0 radical (unpaired) electrons. The van der Waals surface area contributed by atoms with Crippen molar-refractivity contribution in [1.82, 2.24) is 24.8 Å². The van der Waals surface area contributed by atoms with Crippen molar-refractivity contribution in [1.29, 1.82) is 0 Å². The molecule has 1 saturated carbocycles. The second-order valence-corrected chi connectivity index (χ2v) is 7.44. The third-order valence-electron chi connectivity index (χ3n) is 5.24. The highest BCUT2D eigenvalue weighted by atomic mass is 15.3. The quantitative estimate of drug-likeness (QED) is 0.787. The summed E-state index contributed by atoms with van der Waals surface area (Å²) in [6.07, 6.45) is 10.2. The van der Waals surface area contributed by atoms with Gasteiger partial charge in [0.1, 0.15) is 23.8 Å². The summed E-state index contributed by atoms with van der Waals surface area (Å²) in [5.41, 5.74) is 0. The number of anilines is 2. The normalized spacial score (nSPS) is 18.7. The standard InChI is InChI=1S/C19H27N7/c1-24(2)18-12-19(23-14-22-18)26(15-4-5-15)16-6-10-25(11-7-16)13-17-20-8-3-9-21-17/h3,8-9,12,14-16H,4-7,10-11,13H2,1-2H3. The van der Waals surface area contributed by atoms with Crippen LogP contribution in [0.15, 0.2) is 30.9 Å². The maximum Gasteiger partial charge on any atom is 0.142 e. The lowest BCUT2D eigenvalue weighted by Gasteiger charge is -2.39. The van der Waals surface area contributed by atoms with Gasteiger partial charge in [-0.15, -0.1) is 0 Å². The Morgan fingerprint density at radius 2 is 1.58 bits per heavy atom. The summed E-state index contributed by atoms with van der Waals surface area (Å²) in [4.78, 5) is 24.7. The Morgan fingerprint density at radius 1 is 0.923 bits per heavy atom. The van der Waals surface area contributed by atoms with E-state index in [0.717, 1.165) is 49.9 Å². The van der Waals surface area contributed by atoms with E-state index >= 15 is 0 Å². The molecular formula is C19H27N7. The van der Waals surface area contributed by atoms with Gasteiger partial charge in [-0.25, -0.2) is 19.9 Å². The summed E-state index contributed by atoms with van der Waals surface area (Å²) in [5.74, 6) is 2.96. The summed E-state index contributed by atoms with van der Waals surface area (Å²) in [7, 11) is 4.05. The van der Waals surface area contributed by atoms with E-state index in [0.29, 0.717) is 12.1 Å². The number of likely N-dealkylation sites (tertiary alicyclic amines) is 1. The van der Waals surface area contributed by atoms with Crippen molar-refractivity contribution in [3.8, 4) is 0 Å². The van der Waals surface area contributed by atoms with Crippen molar-refractivity contribution in [2.45, 2.75) is 44.3 Å². The van der Waals surface area contributed by atoms with E-state index in [2.05, 4.69) is 35.8 Å². The Bertz CT molecular complexity index is 709. The second-order valence-electron chi connectivity index (χ2n) is 7.44. The van der Waals surface area contributed by atoms with Crippen molar-refractivity contribution >= 4 is 11.6 Å². The molecule has 0 spiro atoms. The average molecular weight is 353 g/mol. The van der Waals surface area contributed by atoms with Gasteiger partial charge < -0.3 is 9.80 Å². The van der Waals surface area contributed by atoms with Gasteiger partial charge in [0.15, 0.2) is 0 Å². The van der Waals surface area contributed by atoms with Crippen molar-refractivity contribution < 1.29 is 0 Å². The number of hydrogen-bond donors (Lipinski definition) is 0. The van der Waals surface area contributed by atoms with Gasteiger partial charge in [0.05, 0.1) is 6.54 Å². The van der Waals surface area contributed by atoms with E-state index in [1.54, 1.807) is 6.33 Å². The topological polar surface area (TPSA) is 61.3 Å². The minimum atomic E-state index is 0.556. The van der Waals surface area contributed by atoms with Crippen molar-refractivity contribution in [2.24, 2.45) is 0 Å². The van der Waals surface area contributed by atoms with Gasteiger partial charge in [-0.2, -0.15) is 0 Å². The number of aromatic nitrogens is 4. The smallest absolute Gasteiger partial charge is 0.142 e. The van der Waals surface area contributed by atoms with Gasteiger partial charge in [0, 0.05) is 57.7 Å². The predicted octanol–water partition coefficient (Wildman–Crippen LogP) is 1.97. The van der Waals surface area contributed by atoms with Gasteiger partial charge in [-0.1, -0.05) is 0 Å². The molecule has 0 N–H and O–H groups in total. The van der Waals surface area contributed by atoms with Gasteiger partial charge in [-0.05, 0) is 31.7 Å². The zero-order valence-electron chi connectivity index (χ0n) is 15.6. The largest absolute Gasteiger partial charge is 0.363 e. The molecule has 3 heterocycles. The SMILES string of the molecule is CN(C)c1cc(N(C2CC2)C2CCN(Cc3ncccn3)CC2)ncn1. The highest BCUT2D eigenvalue weighted by Gasteiger charge is 2.36. The number of piperidine rings is 1. The monoisotopic (exact) mass is 353 g/mol. The lowest BCUT2D eigenvalue weighted by Crippen LogP contribution is -2.46. The number of rotatable bonds is 6. The maximum absolute atomic E-state index is 4.60. The van der Waals surface area contributed by atoms with Gasteiger partial charge in [0.25, 0.3) is 0 Å². The second kappa shape index (κ2) is 7.53. The van der Waals surface area contributed by atoms with Crippen LogP contribution in [0, 0.1) is 0 Å². The molecule has 4 rings (SSSR count). The Labute approximate surface area is 155 Å². The summed E-state index contributed by atoms with van der Waals surface area (Å²) in [6, 6.07) is 5.20. The Balaban J connectivity index is 1.42. The Hall–Kier alpha value is -2.28. The number of hydrogen-bond acceptors (Lipinski definition) is 7. The molecule has 7 heteroatoms. The lowest BCUT2D eigenvalue weighted by atomic mass is 10.0. The third kappa shape index (κ3) is 3.93. The molecule has 26 heavy (non-hydrogen) atoms. The molecule has 7 nitrogen and oxygen atoms in total. The minimum Gasteiger partial charge on any atom is -0.363 e. The van der Waals surface area contributed by atoms with E-state index in [1.165, 1.54) is 12.8 Å². The summed E-state index contributed by atoms with van der Waals surface area (Å²) in [5, 5.41) is 0. The van der Waals surface area contributed by atoms with Crippen molar-refractivity contribution in [3.63, 3.8) is 0 Å². The minimum absolute atomic E-state index is 0.556. The molecule has 2 aromatic rings. The average Bonchev–Trinajstić information content (AvgIpc) is 3.49. The van der Waals surface area contributed by atoms with E-state index in [-0.39, 0.29) is 0 Å². The van der Waals surface area contributed by atoms with Crippen LogP contribution in [0.25, 0.3) is 0 Å². The zero-order chi connectivity index (χ0) is 17.9. The molecule has 0 bridgehead atoms. The highest BCUT2D eigenvalue weighted by molar-refractivity contribution is 5.51. The van der Waals surface area contributed by atoms with E-state index in [1.807, 2.05) is 37.5 Å². The van der Waals surface area contributed by atoms with Crippen molar-refractivity contribution in [3.05, 3.63) is 36.7 Å². The first-order valence-electron chi connectivity index (χ1n) is 9.46. The van der Waals surface area contributed by atoms with Crippen LogP contribution in [0.5, 0.6) is 0 Å². The van der Waals surface area contributed by atoms with Gasteiger partial charge >= 0.3 is 0 Å². The molecule has 0 atom stereocenters. The van der Waals surface area contributed by atoms with Gasteiger partial charge in [-0.3, -0.25) is 4.90 Å². The van der Waals surface area contributed by atoms with Crippen LogP contribution in [0.2, 0.25) is 0 Å². The molecule has 0 amide bonds. The molecule has 0 unspecified atom stereocenters. The fourth-order valence-electron chi connectivity index (χ4n) is 3.72. The first-order chi connectivity index (χ1) is 12.7. The van der Waals surface area contributed by atoms with Crippen LogP contribution < -0.4 is 9.80 Å². The van der Waals surface area contributed by atoms with Crippen LogP contribution in [0.3, 0.4) is 0 Å². The van der Waals surface area contributed by atoms with E-state index in [9.17, 15) is 0 Å². The van der Waals surface area contributed by atoms with Crippen LogP contribution in [-0.2, 0) is 6.54 Å². The number of nitrogens with zero attached hydrogens (tertiary/aromatic N) is 7. The molecule has 1 aliphatic carbocycles. The summed E-state index contributed by atoms with van der Waals surface area (Å²) < 4.78 is 0. The molecule has 2 fully saturated rings. The van der Waals surface area contributed by atoms with Crippen LogP contribution in [-0.4, -0.2) is 64.1 Å². The third-order valence-corrected chi connectivity index (χ3v) is 5.24. The predicted molar refractivity (Wildman–Crippen MR) is 102 cm³/mol. The first-order valence-corrected chi connectivity index (χ1v) is 9.46. The summed E-state index contributed by atoms with van der Waals surface area (Å²) in [6.45, 7) is 3.00. The molecule has 1 aliphatic heterocycles. The Kier molecular flexibility index (Phi) is 4.97. The lowest BCUT2D eigenvalue weighted by molar-refractivity contribution is 0.196. The van der Waals surface area contributed by atoms with Crippen LogP contribution >= 0.6 is 0 Å². The first kappa shape index (κ1) is 17.1. The van der Waals surface area contributed by atoms with Crippen LogP contribution in [0.4, 0.5) is 11.6 Å². The zero-order valence-corrected chi connectivity index (χ0v) is 15.6. The van der Waals surface area contributed by atoms with Gasteiger partial charge in [0.2, 0.25) is 0 Å². The van der Waals surface area contributed by atoms with Crippen molar-refractivity contribution in [2.75, 3.05) is 37.0 Å². The van der Waals surface area contributed by atoms with Crippen LogP contribution in [0.1, 0.15) is 31.5 Å². The molecule has 2 aromatic heterocycles. The fraction of sp³-hybridized carbons (Fsp3) is 0.579. The molecular weight excluding hydrogens is 326 g/mol. The maximum atomic E-state index is 4.60. The molecule has 138 valence electrons.